The minimum atomic E-state index is -2.82. The molecule has 0 aliphatic carbocycles. The van der Waals surface area contributed by atoms with Crippen LogP contribution >= 0.6 is 11.3 Å². The number of nitrogens with zero attached hydrogens (tertiary/aromatic N) is 2. The number of aryl methyl sites for hydroxylation is 1. The lowest BCUT2D eigenvalue weighted by Gasteiger charge is -2.19. The van der Waals surface area contributed by atoms with Gasteiger partial charge in [0.05, 0.1) is 11.5 Å². The molecule has 3 heterocycles. The lowest BCUT2D eigenvalue weighted by atomic mass is 10.1. The first kappa shape index (κ1) is 14.7. The molecule has 114 valence electrons. The highest BCUT2D eigenvalue weighted by Gasteiger charge is 2.29. The van der Waals surface area contributed by atoms with E-state index in [1.807, 2.05) is 29.3 Å². The Balaban J connectivity index is 1.74. The van der Waals surface area contributed by atoms with Gasteiger partial charge in [-0.05, 0) is 30.3 Å². The average molecular weight is 325 g/mol. The predicted molar refractivity (Wildman–Crippen MR) is 84.1 cm³/mol. The zero-order chi connectivity index (χ0) is 14.9. The molecule has 0 amide bonds. The number of sulfone groups is 1. The van der Waals surface area contributed by atoms with Crippen molar-refractivity contribution in [3.8, 4) is 0 Å². The molecule has 0 saturated carbocycles. The van der Waals surface area contributed by atoms with Gasteiger partial charge in [-0.1, -0.05) is 6.07 Å². The van der Waals surface area contributed by atoms with Crippen molar-refractivity contribution in [2.24, 2.45) is 13.0 Å². The van der Waals surface area contributed by atoms with E-state index in [1.54, 1.807) is 17.5 Å². The molecule has 0 spiro atoms. The summed E-state index contributed by atoms with van der Waals surface area (Å²) in [6, 6.07) is 4.13. The molecule has 5 nitrogen and oxygen atoms in total. The Hall–Kier alpha value is -1.18. The molecule has 2 unspecified atom stereocenters. The van der Waals surface area contributed by atoms with Crippen LogP contribution in [0.4, 0.5) is 0 Å². The molecule has 0 bridgehead atoms. The summed E-state index contributed by atoms with van der Waals surface area (Å²) in [4.78, 5) is 5.63. The Morgan fingerprint density at radius 3 is 3.00 bits per heavy atom. The molecule has 1 aliphatic heterocycles. The quantitative estimate of drug-likeness (QED) is 0.907. The Bertz CT molecular complexity index is 692. The molecule has 2 atom stereocenters. The first-order valence-corrected chi connectivity index (χ1v) is 9.70. The van der Waals surface area contributed by atoms with E-state index >= 15 is 0 Å². The number of thiophene rings is 1. The summed E-state index contributed by atoms with van der Waals surface area (Å²) in [5, 5.41) is 5.56. The first-order chi connectivity index (χ1) is 10.1. The highest BCUT2D eigenvalue weighted by molar-refractivity contribution is 7.91. The van der Waals surface area contributed by atoms with Gasteiger partial charge in [0, 0.05) is 24.3 Å². The summed E-state index contributed by atoms with van der Waals surface area (Å²) in [5.74, 6) is 1.79. The summed E-state index contributed by atoms with van der Waals surface area (Å²) in [5.41, 5.74) is 0. The fraction of sp³-hybridized carbons (Fsp3) is 0.500. The van der Waals surface area contributed by atoms with Gasteiger partial charge in [-0.3, -0.25) is 0 Å². The number of hydrogen-bond acceptors (Lipinski definition) is 5. The van der Waals surface area contributed by atoms with Crippen molar-refractivity contribution < 1.29 is 8.42 Å². The summed E-state index contributed by atoms with van der Waals surface area (Å²) < 4.78 is 25.1. The Morgan fingerprint density at radius 2 is 2.43 bits per heavy atom. The maximum Gasteiger partial charge on any atom is 0.150 e. The van der Waals surface area contributed by atoms with Crippen molar-refractivity contribution in [3.05, 3.63) is 40.6 Å². The second-order valence-corrected chi connectivity index (χ2v) is 8.73. The molecule has 1 saturated heterocycles. The van der Waals surface area contributed by atoms with Crippen molar-refractivity contribution in [1.82, 2.24) is 14.9 Å². The average Bonchev–Trinajstić information content (AvgIpc) is 3.13. The zero-order valence-corrected chi connectivity index (χ0v) is 13.5. The molecule has 2 aromatic rings. The van der Waals surface area contributed by atoms with Crippen LogP contribution in [-0.2, 0) is 16.9 Å². The molecule has 1 N–H and O–H groups in total. The van der Waals surface area contributed by atoms with E-state index in [-0.39, 0.29) is 12.0 Å². The van der Waals surface area contributed by atoms with Gasteiger partial charge in [-0.15, -0.1) is 11.3 Å². The van der Waals surface area contributed by atoms with Gasteiger partial charge in [-0.25, -0.2) is 13.4 Å². The summed E-state index contributed by atoms with van der Waals surface area (Å²) in [6.45, 7) is 0.703. The molecule has 2 aromatic heterocycles. The van der Waals surface area contributed by atoms with Gasteiger partial charge >= 0.3 is 0 Å². The van der Waals surface area contributed by atoms with E-state index in [0.29, 0.717) is 18.1 Å². The van der Waals surface area contributed by atoms with Crippen molar-refractivity contribution >= 4 is 21.2 Å². The van der Waals surface area contributed by atoms with E-state index in [4.69, 9.17) is 0 Å². The number of imidazole rings is 1. The Labute approximate surface area is 128 Å². The Kier molecular flexibility index (Phi) is 4.14. The molecular weight excluding hydrogens is 306 g/mol. The van der Waals surface area contributed by atoms with Crippen LogP contribution in [0.25, 0.3) is 0 Å². The predicted octanol–water partition coefficient (Wildman–Crippen LogP) is 1.60. The van der Waals surface area contributed by atoms with Crippen LogP contribution in [0.5, 0.6) is 0 Å². The molecule has 3 rings (SSSR count). The molecule has 7 heteroatoms. The van der Waals surface area contributed by atoms with E-state index in [0.717, 1.165) is 12.2 Å². The van der Waals surface area contributed by atoms with Gasteiger partial charge < -0.3 is 9.88 Å². The first-order valence-electron chi connectivity index (χ1n) is 6.99. The second-order valence-electron chi connectivity index (χ2n) is 5.52. The third-order valence-corrected chi connectivity index (χ3v) is 6.66. The van der Waals surface area contributed by atoms with Crippen LogP contribution in [0.3, 0.4) is 0 Å². The van der Waals surface area contributed by atoms with Gasteiger partial charge in [0.15, 0.2) is 9.84 Å². The van der Waals surface area contributed by atoms with Crippen LogP contribution in [0.2, 0.25) is 0 Å². The van der Waals surface area contributed by atoms with E-state index in [1.165, 1.54) is 4.88 Å². The topological polar surface area (TPSA) is 64.0 Å². The summed E-state index contributed by atoms with van der Waals surface area (Å²) in [7, 11) is -0.841. The minimum Gasteiger partial charge on any atom is -0.336 e. The molecule has 1 fully saturated rings. The van der Waals surface area contributed by atoms with Gasteiger partial charge in [0.1, 0.15) is 11.9 Å². The molecule has 1 aliphatic rings. The van der Waals surface area contributed by atoms with E-state index in [2.05, 4.69) is 16.4 Å². The fourth-order valence-corrected chi connectivity index (χ4v) is 5.41. The largest absolute Gasteiger partial charge is 0.336 e. The van der Waals surface area contributed by atoms with Crippen LogP contribution in [-0.4, -0.2) is 36.0 Å². The molecule has 21 heavy (non-hydrogen) atoms. The molecule has 0 radical (unpaired) electrons. The van der Waals surface area contributed by atoms with Gasteiger partial charge in [0.2, 0.25) is 0 Å². The Morgan fingerprint density at radius 1 is 1.57 bits per heavy atom. The number of hydrogen-bond donors (Lipinski definition) is 1. The molecular formula is C14H19N3O2S2. The van der Waals surface area contributed by atoms with E-state index < -0.39 is 9.84 Å². The number of rotatable bonds is 5. The number of nitrogens with one attached hydrogen (secondary N) is 1. The highest BCUT2D eigenvalue weighted by Crippen LogP contribution is 2.26. The van der Waals surface area contributed by atoms with Gasteiger partial charge in [-0.2, -0.15) is 0 Å². The maximum absolute atomic E-state index is 11.6. The van der Waals surface area contributed by atoms with Crippen molar-refractivity contribution in [2.45, 2.75) is 12.5 Å². The standard InChI is InChI=1S/C14H19N3O2S2/c1-17-6-5-15-14(17)13(12-3-2-7-20-12)16-9-11-4-8-21(18,19)10-11/h2-3,5-7,11,13,16H,4,8-10H2,1H3. The maximum atomic E-state index is 11.6. The van der Waals surface area contributed by atoms with Crippen LogP contribution in [0.15, 0.2) is 29.9 Å². The zero-order valence-electron chi connectivity index (χ0n) is 11.9. The smallest absolute Gasteiger partial charge is 0.150 e. The molecule has 0 aromatic carbocycles. The minimum absolute atomic E-state index is 0.0216. The third-order valence-electron chi connectivity index (χ3n) is 3.88. The van der Waals surface area contributed by atoms with Gasteiger partial charge in [0.25, 0.3) is 0 Å². The highest BCUT2D eigenvalue weighted by atomic mass is 32.2. The summed E-state index contributed by atoms with van der Waals surface area (Å²) in [6.07, 6.45) is 4.47. The SMILES string of the molecule is Cn1ccnc1C(NCC1CCS(=O)(=O)C1)c1cccs1. The monoisotopic (exact) mass is 325 g/mol. The van der Waals surface area contributed by atoms with Crippen molar-refractivity contribution in [1.29, 1.82) is 0 Å². The van der Waals surface area contributed by atoms with E-state index in [9.17, 15) is 8.42 Å². The fourth-order valence-electron chi connectivity index (χ4n) is 2.75. The van der Waals surface area contributed by atoms with Crippen molar-refractivity contribution in [2.75, 3.05) is 18.1 Å². The van der Waals surface area contributed by atoms with Crippen LogP contribution in [0.1, 0.15) is 23.2 Å². The van der Waals surface area contributed by atoms with Crippen molar-refractivity contribution in [3.63, 3.8) is 0 Å². The normalized spacial score (nSPS) is 22.4. The lowest BCUT2D eigenvalue weighted by molar-refractivity contribution is 0.477. The third kappa shape index (κ3) is 3.36. The van der Waals surface area contributed by atoms with Crippen LogP contribution < -0.4 is 5.32 Å². The van der Waals surface area contributed by atoms with Crippen LogP contribution in [0, 0.1) is 5.92 Å². The summed E-state index contributed by atoms with van der Waals surface area (Å²) >= 11 is 1.69. The lowest BCUT2D eigenvalue weighted by Crippen LogP contribution is -2.30. The number of aromatic nitrogens is 2. The second kappa shape index (κ2) is 5.90.